The lowest BCUT2D eigenvalue weighted by molar-refractivity contribution is 0.165. The maximum absolute atomic E-state index is 17.1. The molecule has 8 rings (SSSR count). The van der Waals surface area contributed by atoms with Gasteiger partial charge in [-0.2, -0.15) is 15.2 Å². The van der Waals surface area contributed by atoms with Gasteiger partial charge in [-0.1, -0.05) is 12.0 Å². The predicted molar refractivity (Wildman–Crippen MR) is 180 cm³/mol. The van der Waals surface area contributed by atoms with Crippen LogP contribution < -0.4 is 19.7 Å². The van der Waals surface area contributed by atoms with E-state index in [9.17, 15) is 14.8 Å². The Kier molecular flexibility index (Phi) is 7.50. The van der Waals surface area contributed by atoms with Crippen LogP contribution in [0.2, 0.25) is 0 Å². The van der Waals surface area contributed by atoms with Crippen LogP contribution in [0.25, 0.3) is 32.9 Å². The lowest BCUT2D eigenvalue weighted by Crippen LogP contribution is -2.51. The third-order valence-corrected chi connectivity index (χ3v) is 10.7. The second kappa shape index (κ2) is 11.7. The lowest BCUT2D eigenvalue weighted by atomic mass is 9.92. The average molecular weight is 666 g/mol. The highest BCUT2D eigenvalue weighted by molar-refractivity contribution is 6.04. The summed E-state index contributed by atoms with van der Waals surface area (Å²) in [7, 11) is 1.44. The quantitative estimate of drug-likeness (QED) is 0.245. The summed E-state index contributed by atoms with van der Waals surface area (Å²) in [5.41, 5.74) is -0.655. The number of nitrogens with zero attached hydrogens (tertiary/aromatic N) is 6. The summed E-state index contributed by atoms with van der Waals surface area (Å²) in [4.78, 5) is 18.6. The Bertz CT molecular complexity index is 2080. The van der Waals surface area contributed by atoms with Gasteiger partial charge in [0.2, 0.25) is 5.88 Å². The summed E-state index contributed by atoms with van der Waals surface area (Å²) in [5, 5.41) is 24.9. The van der Waals surface area contributed by atoms with Crippen LogP contribution in [0.3, 0.4) is 0 Å². The van der Waals surface area contributed by atoms with Crippen LogP contribution >= 0.6 is 0 Å². The third-order valence-electron chi connectivity index (χ3n) is 10.7. The molecule has 2 aromatic carbocycles. The summed E-state index contributed by atoms with van der Waals surface area (Å²) in [6, 6.07) is 8.48. The molecule has 0 spiro atoms. The molecule has 0 radical (unpaired) electrons. The number of phenols is 1. The fraction of sp³-hybridized carbons (Fsp3) is 0.459. The molecule has 2 bridgehead atoms. The highest BCUT2D eigenvalue weighted by atomic mass is 19.1. The molecule has 2 aromatic heterocycles. The number of fused-ring (bicyclic) bond motifs is 4. The third kappa shape index (κ3) is 5.53. The van der Waals surface area contributed by atoms with Crippen molar-refractivity contribution >= 4 is 27.5 Å². The van der Waals surface area contributed by atoms with E-state index in [0.29, 0.717) is 36.3 Å². The van der Waals surface area contributed by atoms with Crippen LogP contribution in [0, 0.1) is 46.1 Å². The average Bonchev–Trinajstić information content (AvgIpc) is 3.64. The normalized spacial score (nSPS) is 24.2. The molecule has 0 amide bonds. The number of rotatable bonds is 8. The summed E-state index contributed by atoms with van der Waals surface area (Å²) >= 11 is 0. The van der Waals surface area contributed by atoms with Gasteiger partial charge in [-0.15, -0.1) is 6.42 Å². The molecule has 5 heterocycles. The smallest absolute Gasteiger partial charge is 0.319 e. The Hall–Kier alpha value is -4.78. The zero-order chi connectivity index (χ0) is 34.1. The highest BCUT2D eigenvalue weighted by Gasteiger charge is 2.47. The minimum atomic E-state index is -0.796. The molecule has 4 aliphatic rings. The van der Waals surface area contributed by atoms with Crippen molar-refractivity contribution < 1.29 is 23.4 Å². The van der Waals surface area contributed by atoms with Gasteiger partial charge in [0.15, 0.2) is 5.82 Å². The number of terminal acetylenes is 1. The molecule has 2 N–H and O–H groups in total. The largest absolute Gasteiger partial charge is 0.508 e. The summed E-state index contributed by atoms with van der Waals surface area (Å²) in [6.07, 6.45) is 10.6. The molecule has 4 fully saturated rings. The molecule has 4 aromatic rings. The van der Waals surface area contributed by atoms with E-state index >= 15 is 4.39 Å². The number of aromatic nitrogens is 3. The molecule has 1 saturated carbocycles. The number of aromatic hydroxyl groups is 1. The van der Waals surface area contributed by atoms with Gasteiger partial charge in [0.25, 0.3) is 0 Å². The van der Waals surface area contributed by atoms with E-state index in [1.807, 2.05) is 6.92 Å². The number of ether oxygens (including phenoxy) is 2. The number of piperazine rings is 1. The van der Waals surface area contributed by atoms with Gasteiger partial charge in [-0.3, -0.25) is 0 Å². The second-order valence-electron chi connectivity index (χ2n) is 14.5. The first-order chi connectivity index (χ1) is 23.6. The number of hydrogen-bond acceptors (Lipinski definition) is 10. The highest BCUT2D eigenvalue weighted by Crippen LogP contribution is 2.48. The second-order valence-corrected chi connectivity index (χ2v) is 14.5. The summed E-state index contributed by atoms with van der Waals surface area (Å²) in [6.45, 7) is 6.07. The van der Waals surface area contributed by atoms with Crippen molar-refractivity contribution in [3.63, 3.8) is 0 Å². The molecule has 49 heavy (non-hydrogen) atoms. The molecule has 3 atom stereocenters. The fourth-order valence-corrected chi connectivity index (χ4v) is 7.95. The fourth-order valence-electron chi connectivity index (χ4n) is 7.95. The molecule has 3 unspecified atom stereocenters. The van der Waals surface area contributed by atoms with E-state index in [2.05, 4.69) is 37.1 Å². The Morgan fingerprint density at radius 1 is 1.10 bits per heavy atom. The number of anilines is 1. The van der Waals surface area contributed by atoms with E-state index in [-0.39, 0.29) is 68.3 Å². The van der Waals surface area contributed by atoms with Crippen LogP contribution in [0.1, 0.15) is 44.6 Å². The van der Waals surface area contributed by atoms with Crippen LogP contribution in [0.15, 0.2) is 24.3 Å². The lowest BCUT2D eigenvalue weighted by Gasteiger charge is -2.34. The first-order valence-corrected chi connectivity index (χ1v) is 16.8. The Balaban J connectivity index is 1.24. The predicted octanol–water partition coefficient (Wildman–Crippen LogP) is 5.15. The number of methoxy groups -OCH3 is 1. The van der Waals surface area contributed by atoms with Crippen LogP contribution in [0.5, 0.6) is 17.6 Å². The number of pyridine rings is 1. The summed E-state index contributed by atoms with van der Waals surface area (Å²) < 4.78 is 44.2. The maximum atomic E-state index is 17.1. The van der Waals surface area contributed by atoms with E-state index in [1.165, 1.54) is 31.4 Å². The Labute approximate surface area is 283 Å². The van der Waals surface area contributed by atoms with E-state index in [1.54, 1.807) is 0 Å². The Morgan fingerprint density at radius 3 is 2.55 bits per heavy atom. The van der Waals surface area contributed by atoms with Crippen LogP contribution in [0.4, 0.5) is 14.6 Å². The van der Waals surface area contributed by atoms with Gasteiger partial charge in [-0.25, -0.2) is 13.8 Å². The van der Waals surface area contributed by atoms with Crippen molar-refractivity contribution in [3.05, 3.63) is 41.5 Å². The molecule has 3 aliphatic heterocycles. The van der Waals surface area contributed by atoms with Gasteiger partial charge >= 0.3 is 6.01 Å². The zero-order valence-electron chi connectivity index (χ0n) is 27.5. The van der Waals surface area contributed by atoms with Crippen molar-refractivity contribution in [2.75, 3.05) is 51.3 Å². The van der Waals surface area contributed by atoms with Gasteiger partial charge in [-0.05, 0) is 69.2 Å². The Morgan fingerprint density at radius 2 is 1.88 bits per heavy atom. The van der Waals surface area contributed by atoms with E-state index < -0.39 is 11.6 Å². The van der Waals surface area contributed by atoms with Crippen LogP contribution in [-0.4, -0.2) is 83.5 Å². The number of nitriles is 1. The summed E-state index contributed by atoms with van der Waals surface area (Å²) in [5.74, 6) is 1.33. The minimum absolute atomic E-state index is 0.0390. The number of hydrogen-bond donors (Lipinski definition) is 2. The van der Waals surface area contributed by atoms with Crippen molar-refractivity contribution in [1.29, 1.82) is 5.26 Å². The van der Waals surface area contributed by atoms with Crippen molar-refractivity contribution in [3.8, 4) is 47.3 Å². The molecule has 10 nitrogen and oxygen atoms in total. The molecular weight excluding hydrogens is 628 g/mol. The number of halogens is 2. The first-order valence-electron chi connectivity index (χ1n) is 16.8. The maximum Gasteiger partial charge on any atom is 0.319 e. The molecule has 1 aliphatic carbocycles. The topological polar surface area (TPSA) is 120 Å². The van der Waals surface area contributed by atoms with Gasteiger partial charge in [0.1, 0.15) is 34.0 Å². The van der Waals surface area contributed by atoms with Crippen molar-refractivity contribution in [2.45, 2.75) is 51.1 Å². The molecule has 12 heteroatoms. The SMILES string of the molecule is C#Cc1c(F)ccc2cc(O)cc(-c3nc(OC)c4c(N5CC6CCC(C5)N6)nc(OCC5(CN6CCC(C)(C#N)C6)CC5)nc4c3F)c12. The molecular formula is C37H37F2N7O3. The van der Waals surface area contributed by atoms with Crippen molar-refractivity contribution in [2.24, 2.45) is 10.8 Å². The van der Waals surface area contributed by atoms with Gasteiger partial charge < -0.3 is 29.7 Å². The van der Waals surface area contributed by atoms with E-state index in [4.69, 9.17) is 20.9 Å². The number of phenolic OH excluding ortho intramolecular Hbond substituents is 1. The zero-order valence-corrected chi connectivity index (χ0v) is 27.5. The molecule has 252 valence electrons. The number of likely N-dealkylation sites (tertiary alicyclic amines) is 1. The standard InChI is InChI=1S/C37H37F2N7O3/c1-4-25-27(38)8-5-21-13-24(47)14-26(28(21)25)31-30(39)32-29(34(42-31)48-3)33(46-15-22-6-7-23(16-46)41-22)44-35(43-32)49-20-37(9-10-37)19-45-12-11-36(2,17-40)18-45/h1,5,8,13-14,22-23,41,47H,6-7,9-12,15-16,18-20H2,2-3H3. The minimum Gasteiger partial charge on any atom is -0.508 e. The molecule has 3 saturated heterocycles. The van der Waals surface area contributed by atoms with Gasteiger partial charge in [0, 0.05) is 54.6 Å². The van der Waals surface area contributed by atoms with Crippen LogP contribution in [-0.2, 0) is 0 Å². The number of benzene rings is 2. The van der Waals surface area contributed by atoms with Crippen molar-refractivity contribution in [1.82, 2.24) is 25.2 Å². The monoisotopic (exact) mass is 665 g/mol. The van der Waals surface area contributed by atoms with Gasteiger partial charge in [0.05, 0.1) is 30.8 Å². The van der Waals surface area contributed by atoms with E-state index in [0.717, 1.165) is 51.7 Å². The first kappa shape index (κ1) is 31.5. The number of nitrogens with one attached hydrogen (secondary N) is 1.